The van der Waals surface area contributed by atoms with Gasteiger partial charge in [-0.2, -0.15) is 0 Å². The number of hydrogen-bond donors (Lipinski definition) is 2. The fourth-order valence-corrected chi connectivity index (χ4v) is 2.67. The topological polar surface area (TPSA) is 45.7 Å². The molecule has 1 heterocycles. The summed E-state index contributed by atoms with van der Waals surface area (Å²) in [5, 5.41) is 6.67. The molecule has 0 aliphatic carbocycles. The van der Waals surface area contributed by atoms with Gasteiger partial charge in [-0.3, -0.25) is 4.99 Å². The quantitative estimate of drug-likeness (QED) is 0.295. The average Bonchev–Trinajstić information content (AvgIpc) is 2.59. The summed E-state index contributed by atoms with van der Waals surface area (Å²) in [7, 11) is 1.76. The Kier molecular flexibility index (Phi) is 9.42. The monoisotopic (exact) mass is 461 g/mol. The summed E-state index contributed by atoms with van der Waals surface area (Å²) in [5.74, 6) is 0.569. The van der Waals surface area contributed by atoms with Crippen LogP contribution in [0.5, 0.6) is 0 Å². The second-order valence-corrected chi connectivity index (χ2v) is 6.68. The van der Waals surface area contributed by atoms with Gasteiger partial charge in [0.15, 0.2) is 5.96 Å². The smallest absolute Gasteiger partial charge is 0.191 e. The van der Waals surface area contributed by atoms with Crippen molar-refractivity contribution in [2.24, 2.45) is 4.99 Å². The second-order valence-electron chi connectivity index (χ2n) is 6.68. The molecule has 0 saturated heterocycles. The zero-order chi connectivity index (χ0) is 17.4. The first-order valence-corrected chi connectivity index (χ1v) is 8.47. The number of benzene rings is 1. The van der Waals surface area contributed by atoms with Crippen LogP contribution in [0.15, 0.2) is 40.9 Å². The molecule has 0 saturated carbocycles. The minimum atomic E-state index is -0.201. The van der Waals surface area contributed by atoms with Gasteiger partial charge < -0.3 is 15.4 Å². The molecule has 0 spiro atoms. The lowest BCUT2D eigenvalue weighted by Gasteiger charge is -2.27. The Morgan fingerprint density at radius 2 is 2.12 bits per heavy atom. The van der Waals surface area contributed by atoms with E-state index in [0.717, 1.165) is 44.1 Å². The first kappa shape index (κ1) is 21.9. The van der Waals surface area contributed by atoms with Gasteiger partial charge in [-0.15, -0.1) is 24.0 Å². The van der Waals surface area contributed by atoms with Crippen molar-refractivity contribution in [2.45, 2.75) is 32.1 Å². The molecule has 0 amide bonds. The molecule has 0 atom stereocenters. The van der Waals surface area contributed by atoms with Crippen molar-refractivity contribution in [1.82, 2.24) is 10.6 Å². The summed E-state index contributed by atoms with van der Waals surface area (Å²) >= 11 is 0. The van der Waals surface area contributed by atoms with E-state index in [1.54, 1.807) is 19.2 Å². The van der Waals surface area contributed by atoms with Gasteiger partial charge in [-0.25, -0.2) is 4.39 Å². The third-order valence-electron chi connectivity index (χ3n) is 4.32. The van der Waals surface area contributed by atoms with Crippen LogP contribution in [0, 0.1) is 5.82 Å². The molecule has 0 unspecified atom stereocenters. The number of halogens is 2. The second kappa shape index (κ2) is 10.8. The molecular weight excluding hydrogens is 432 g/mol. The molecule has 140 valence electrons. The third kappa shape index (κ3) is 7.32. The van der Waals surface area contributed by atoms with Gasteiger partial charge in [0.25, 0.3) is 0 Å². The molecule has 25 heavy (non-hydrogen) atoms. The fourth-order valence-electron chi connectivity index (χ4n) is 2.67. The highest BCUT2D eigenvalue weighted by atomic mass is 127. The maximum absolute atomic E-state index is 13.4. The molecule has 6 heteroatoms. The fraction of sp³-hybridized carbons (Fsp3) is 0.526. The van der Waals surface area contributed by atoms with Crippen molar-refractivity contribution in [2.75, 3.05) is 33.4 Å². The van der Waals surface area contributed by atoms with Crippen LogP contribution in [0.2, 0.25) is 0 Å². The zero-order valence-electron chi connectivity index (χ0n) is 15.3. The van der Waals surface area contributed by atoms with Crippen molar-refractivity contribution in [1.29, 1.82) is 0 Å². The maximum Gasteiger partial charge on any atom is 0.191 e. The molecule has 4 nitrogen and oxygen atoms in total. The Labute approximate surface area is 167 Å². The summed E-state index contributed by atoms with van der Waals surface area (Å²) in [6.07, 6.45) is 4.17. The predicted molar refractivity (Wildman–Crippen MR) is 112 cm³/mol. The van der Waals surface area contributed by atoms with E-state index in [9.17, 15) is 4.39 Å². The van der Waals surface area contributed by atoms with E-state index < -0.39 is 0 Å². The minimum absolute atomic E-state index is 0. The summed E-state index contributed by atoms with van der Waals surface area (Å²) in [6.45, 7) is 7.24. The summed E-state index contributed by atoms with van der Waals surface area (Å²) in [4.78, 5) is 4.26. The van der Waals surface area contributed by atoms with E-state index in [2.05, 4.69) is 35.5 Å². The molecule has 1 aliphatic heterocycles. The number of hydrogen-bond acceptors (Lipinski definition) is 2. The summed E-state index contributed by atoms with van der Waals surface area (Å²) < 4.78 is 18.8. The molecule has 1 aliphatic rings. The van der Waals surface area contributed by atoms with Gasteiger partial charge in [0.1, 0.15) is 5.82 Å². The average molecular weight is 461 g/mol. The highest BCUT2D eigenvalue weighted by molar-refractivity contribution is 14.0. The van der Waals surface area contributed by atoms with Crippen LogP contribution in [0.3, 0.4) is 0 Å². The molecule has 0 bridgehead atoms. The molecule has 2 N–H and O–H groups in total. The Morgan fingerprint density at radius 1 is 1.32 bits per heavy atom. The molecule has 1 aromatic rings. The highest BCUT2D eigenvalue weighted by Gasteiger charge is 2.21. The van der Waals surface area contributed by atoms with E-state index in [1.807, 2.05) is 6.07 Å². The Bertz CT molecular complexity index is 602. The SMILES string of the molecule is CN=C(NCCC1=CCOCC1)NCC(C)(C)c1cccc(F)c1.I. The van der Waals surface area contributed by atoms with Crippen LogP contribution in [0.25, 0.3) is 0 Å². The standard InChI is InChI=1S/C19H28FN3O.HI/c1-19(2,16-5-4-6-17(20)13-16)14-23-18(21-3)22-10-7-15-8-11-24-12-9-15;/h4-6,8,13H,7,9-12,14H2,1-3H3,(H2,21,22,23);1H. The number of aliphatic imine (C=N–C) groups is 1. The van der Waals surface area contributed by atoms with Gasteiger partial charge in [0, 0.05) is 25.6 Å². The maximum atomic E-state index is 13.4. The van der Waals surface area contributed by atoms with Crippen LogP contribution >= 0.6 is 24.0 Å². The molecular formula is C19H29FIN3O. The number of nitrogens with one attached hydrogen (secondary N) is 2. The predicted octanol–water partition coefficient (Wildman–Crippen LogP) is 3.62. The van der Waals surface area contributed by atoms with Crippen molar-refractivity contribution >= 4 is 29.9 Å². The van der Waals surface area contributed by atoms with E-state index in [0.29, 0.717) is 6.54 Å². The molecule has 0 aromatic heterocycles. The molecule has 2 rings (SSSR count). The lowest BCUT2D eigenvalue weighted by atomic mass is 9.84. The minimum Gasteiger partial charge on any atom is -0.377 e. The zero-order valence-corrected chi connectivity index (χ0v) is 17.6. The highest BCUT2D eigenvalue weighted by Crippen LogP contribution is 2.22. The molecule has 0 fully saturated rings. The lowest BCUT2D eigenvalue weighted by molar-refractivity contribution is 0.153. The van der Waals surface area contributed by atoms with Gasteiger partial charge in [-0.05, 0) is 30.5 Å². The van der Waals surface area contributed by atoms with Crippen molar-refractivity contribution < 1.29 is 9.13 Å². The number of ether oxygens (including phenoxy) is 1. The van der Waals surface area contributed by atoms with Crippen LogP contribution in [0.1, 0.15) is 32.3 Å². The van der Waals surface area contributed by atoms with Crippen LogP contribution in [0.4, 0.5) is 4.39 Å². The Morgan fingerprint density at radius 3 is 2.76 bits per heavy atom. The third-order valence-corrected chi connectivity index (χ3v) is 4.32. The number of guanidine groups is 1. The van der Waals surface area contributed by atoms with Gasteiger partial charge in [0.05, 0.1) is 13.2 Å². The van der Waals surface area contributed by atoms with Crippen molar-refractivity contribution in [3.8, 4) is 0 Å². The van der Waals surface area contributed by atoms with Crippen molar-refractivity contribution in [3.63, 3.8) is 0 Å². The van der Waals surface area contributed by atoms with E-state index in [4.69, 9.17) is 4.74 Å². The Balaban J connectivity index is 0.00000312. The van der Waals surface area contributed by atoms with Crippen molar-refractivity contribution in [3.05, 3.63) is 47.3 Å². The van der Waals surface area contributed by atoms with E-state index in [-0.39, 0.29) is 35.2 Å². The molecule has 0 radical (unpaired) electrons. The van der Waals surface area contributed by atoms with Gasteiger partial charge >= 0.3 is 0 Å². The van der Waals surface area contributed by atoms with E-state index in [1.165, 1.54) is 11.6 Å². The van der Waals surface area contributed by atoms with Crippen LogP contribution < -0.4 is 10.6 Å². The first-order valence-electron chi connectivity index (χ1n) is 8.47. The van der Waals surface area contributed by atoms with Gasteiger partial charge in [0.2, 0.25) is 0 Å². The van der Waals surface area contributed by atoms with E-state index >= 15 is 0 Å². The largest absolute Gasteiger partial charge is 0.377 e. The van der Waals surface area contributed by atoms with Gasteiger partial charge in [-0.1, -0.05) is 37.6 Å². The first-order chi connectivity index (χ1) is 11.5. The van der Waals surface area contributed by atoms with Crippen LogP contribution in [-0.2, 0) is 10.2 Å². The van der Waals surface area contributed by atoms with Crippen LogP contribution in [-0.4, -0.2) is 39.3 Å². The summed E-state index contributed by atoms with van der Waals surface area (Å²) in [6, 6.07) is 6.77. The lowest BCUT2D eigenvalue weighted by Crippen LogP contribution is -2.43. The molecule has 1 aromatic carbocycles. The number of nitrogens with zero attached hydrogens (tertiary/aromatic N) is 1. The summed E-state index contributed by atoms with van der Waals surface area (Å²) in [5.41, 5.74) is 2.21. The number of rotatable bonds is 6. The normalized spacial score (nSPS) is 15.2. The Hall–Kier alpha value is -1.15.